The van der Waals surface area contributed by atoms with E-state index >= 15 is 0 Å². The molecule has 1 heterocycles. The Balaban J connectivity index is 1.60. The number of cyclic esters (lactones) is 1. The number of rotatable bonds is 8. The Labute approximate surface area is 159 Å². The van der Waals surface area contributed by atoms with Crippen LogP contribution in [0, 0.1) is 5.92 Å². The summed E-state index contributed by atoms with van der Waals surface area (Å²) >= 11 is 0. The predicted octanol–water partition coefficient (Wildman–Crippen LogP) is 3.82. The molecule has 3 rings (SSSR count). The van der Waals surface area contributed by atoms with Crippen LogP contribution in [0.2, 0.25) is 0 Å². The molecule has 0 aliphatic carbocycles. The third-order valence-corrected chi connectivity index (χ3v) is 4.79. The van der Waals surface area contributed by atoms with E-state index in [1.54, 1.807) is 0 Å². The van der Waals surface area contributed by atoms with E-state index in [0.29, 0.717) is 19.4 Å². The number of benzene rings is 2. The first-order valence-electron chi connectivity index (χ1n) is 9.34. The van der Waals surface area contributed by atoms with Crippen LogP contribution in [0.1, 0.15) is 24.5 Å². The predicted molar refractivity (Wildman–Crippen MR) is 102 cm³/mol. The van der Waals surface area contributed by atoms with Crippen molar-refractivity contribution in [2.45, 2.75) is 32.4 Å². The summed E-state index contributed by atoms with van der Waals surface area (Å²) in [6.45, 7) is 2.90. The van der Waals surface area contributed by atoms with Gasteiger partial charge in [0.05, 0.1) is 25.2 Å². The van der Waals surface area contributed by atoms with E-state index in [1.165, 1.54) is 4.90 Å². The Hall–Kier alpha value is -2.66. The monoisotopic (exact) mass is 367 g/mol. The summed E-state index contributed by atoms with van der Waals surface area (Å²) in [5.41, 5.74) is 2.13. The molecule has 2 atom stereocenters. The van der Waals surface area contributed by atoms with Gasteiger partial charge < -0.3 is 9.47 Å². The van der Waals surface area contributed by atoms with Gasteiger partial charge in [0, 0.05) is 0 Å². The summed E-state index contributed by atoms with van der Waals surface area (Å²) in [5.74, 6) is -0.577. The average molecular weight is 367 g/mol. The van der Waals surface area contributed by atoms with E-state index in [2.05, 4.69) is 0 Å². The fourth-order valence-electron chi connectivity index (χ4n) is 3.22. The van der Waals surface area contributed by atoms with Crippen molar-refractivity contribution in [3.05, 3.63) is 71.8 Å². The second-order valence-corrected chi connectivity index (χ2v) is 6.73. The zero-order valence-corrected chi connectivity index (χ0v) is 15.5. The van der Waals surface area contributed by atoms with Crippen molar-refractivity contribution in [2.24, 2.45) is 5.92 Å². The van der Waals surface area contributed by atoms with Crippen LogP contribution >= 0.6 is 0 Å². The number of hydrogen-bond acceptors (Lipinski definition) is 4. The zero-order chi connectivity index (χ0) is 19.1. The molecular formula is C22H25NO4. The van der Waals surface area contributed by atoms with Gasteiger partial charge in [-0.3, -0.25) is 4.79 Å². The highest BCUT2D eigenvalue weighted by Crippen LogP contribution is 2.21. The summed E-state index contributed by atoms with van der Waals surface area (Å²) < 4.78 is 10.9. The zero-order valence-electron chi connectivity index (χ0n) is 15.5. The molecule has 0 N–H and O–H groups in total. The summed E-state index contributed by atoms with van der Waals surface area (Å²) in [7, 11) is 0. The SMILES string of the molecule is CCC(COCc1ccccc1)C(=O)N1C(=O)OCC1Cc1ccccc1. The topological polar surface area (TPSA) is 55.8 Å². The second kappa shape index (κ2) is 9.33. The van der Waals surface area contributed by atoms with Crippen LogP contribution in [-0.4, -0.2) is 36.2 Å². The first kappa shape index (κ1) is 19.1. The maximum absolute atomic E-state index is 13.0. The van der Waals surface area contributed by atoms with Gasteiger partial charge in [-0.15, -0.1) is 0 Å². The first-order chi connectivity index (χ1) is 13.2. The number of hydrogen-bond donors (Lipinski definition) is 0. The molecule has 2 amide bonds. The minimum Gasteiger partial charge on any atom is -0.447 e. The first-order valence-corrected chi connectivity index (χ1v) is 9.34. The van der Waals surface area contributed by atoms with Gasteiger partial charge in [0.15, 0.2) is 0 Å². The standard InChI is InChI=1S/C22H25NO4/c1-2-19(15-26-14-18-11-7-4-8-12-18)21(24)23-20(16-27-22(23)25)13-17-9-5-3-6-10-17/h3-12,19-20H,2,13-16H2,1H3. The molecule has 142 valence electrons. The van der Waals surface area contributed by atoms with E-state index < -0.39 is 6.09 Å². The molecule has 5 heteroatoms. The van der Waals surface area contributed by atoms with Crippen molar-refractivity contribution in [3.8, 4) is 0 Å². The van der Waals surface area contributed by atoms with E-state index in [0.717, 1.165) is 11.1 Å². The lowest BCUT2D eigenvalue weighted by atomic mass is 10.0. The molecule has 2 unspecified atom stereocenters. The number of imide groups is 1. The number of ether oxygens (including phenoxy) is 2. The normalized spacial score (nSPS) is 17.6. The number of carbonyl (C=O) groups excluding carboxylic acids is 2. The van der Waals surface area contributed by atoms with Crippen molar-refractivity contribution < 1.29 is 19.1 Å². The molecule has 2 aromatic carbocycles. The Morgan fingerprint density at radius 3 is 2.37 bits per heavy atom. The lowest BCUT2D eigenvalue weighted by molar-refractivity contribution is -0.135. The highest BCUT2D eigenvalue weighted by Gasteiger charge is 2.40. The maximum atomic E-state index is 13.0. The second-order valence-electron chi connectivity index (χ2n) is 6.73. The van der Waals surface area contributed by atoms with Gasteiger partial charge in [-0.2, -0.15) is 0 Å². The maximum Gasteiger partial charge on any atom is 0.416 e. The van der Waals surface area contributed by atoms with Crippen molar-refractivity contribution in [2.75, 3.05) is 13.2 Å². The Morgan fingerprint density at radius 2 is 1.74 bits per heavy atom. The minimum atomic E-state index is -0.553. The average Bonchev–Trinajstić information content (AvgIpc) is 3.06. The van der Waals surface area contributed by atoms with Crippen LogP contribution in [0.5, 0.6) is 0 Å². The van der Waals surface area contributed by atoms with Gasteiger partial charge in [0.25, 0.3) is 0 Å². The molecule has 0 bridgehead atoms. The fourth-order valence-corrected chi connectivity index (χ4v) is 3.22. The van der Waals surface area contributed by atoms with Crippen LogP contribution in [0.25, 0.3) is 0 Å². The quantitative estimate of drug-likeness (QED) is 0.712. The molecule has 1 fully saturated rings. The highest BCUT2D eigenvalue weighted by molar-refractivity contribution is 5.94. The smallest absolute Gasteiger partial charge is 0.416 e. The minimum absolute atomic E-state index is 0.214. The van der Waals surface area contributed by atoms with Crippen LogP contribution in [0.3, 0.4) is 0 Å². The Kier molecular flexibility index (Phi) is 6.60. The molecule has 2 aromatic rings. The molecule has 0 radical (unpaired) electrons. The summed E-state index contributed by atoms with van der Waals surface area (Å²) in [6, 6.07) is 19.4. The summed E-state index contributed by atoms with van der Waals surface area (Å²) in [6.07, 6.45) is 0.650. The van der Waals surface area contributed by atoms with Crippen LogP contribution < -0.4 is 0 Å². The van der Waals surface area contributed by atoms with Gasteiger partial charge in [-0.25, -0.2) is 9.69 Å². The van der Waals surface area contributed by atoms with E-state index in [-0.39, 0.29) is 31.1 Å². The number of nitrogens with zero attached hydrogens (tertiary/aromatic N) is 1. The lowest BCUT2D eigenvalue weighted by Gasteiger charge is -2.24. The molecule has 0 saturated carbocycles. The molecule has 0 aromatic heterocycles. The third kappa shape index (κ3) is 4.95. The highest BCUT2D eigenvalue weighted by atomic mass is 16.6. The van der Waals surface area contributed by atoms with Crippen LogP contribution in [0.15, 0.2) is 60.7 Å². The third-order valence-electron chi connectivity index (χ3n) is 4.79. The van der Waals surface area contributed by atoms with Crippen LogP contribution in [-0.2, 0) is 27.3 Å². The van der Waals surface area contributed by atoms with Gasteiger partial charge in [0.2, 0.25) is 5.91 Å². The van der Waals surface area contributed by atoms with Gasteiger partial charge in [-0.1, -0.05) is 67.6 Å². The number of carbonyl (C=O) groups is 2. The van der Waals surface area contributed by atoms with E-state index in [9.17, 15) is 9.59 Å². The molecule has 0 spiro atoms. The summed E-state index contributed by atoms with van der Waals surface area (Å²) in [5, 5.41) is 0. The summed E-state index contributed by atoms with van der Waals surface area (Å²) in [4.78, 5) is 26.4. The molecule has 1 aliphatic rings. The van der Waals surface area contributed by atoms with Gasteiger partial charge in [-0.05, 0) is 24.0 Å². The lowest BCUT2D eigenvalue weighted by Crippen LogP contribution is -2.44. The number of amides is 2. The van der Waals surface area contributed by atoms with Crippen molar-refractivity contribution >= 4 is 12.0 Å². The van der Waals surface area contributed by atoms with Gasteiger partial charge in [0.1, 0.15) is 6.61 Å². The van der Waals surface area contributed by atoms with E-state index in [1.807, 2.05) is 67.6 Å². The molecule has 27 heavy (non-hydrogen) atoms. The van der Waals surface area contributed by atoms with Crippen molar-refractivity contribution in [3.63, 3.8) is 0 Å². The molecule has 1 saturated heterocycles. The van der Waals surface area contributed by atoms with Crippen molar-refractivity contribution in [1.29, 1.82) is 0 Å². The molecular weight excluding hydrogens is 342 g/mol. The van der Waals surface area contributed by atoms with Crippen LogP contribution in [0.4, 0.5) is 4.79 Å². The fraction of sp³-hybridized carbons (Fsp3) is 0.364. The van der Waals surface area contributed by atoms with E-state index in [4.69, 9.17) is 9.47 Å². The Bertz CT molecular complexity index is 747. The molecule has 5 nitrogen and oxygen atoms in total. The molecule has 1 aliphatic heterocycles. The van der Waals surface area contributed by atoms with Crippen molar-refractivity contribution in [1.82, 2.24) is 4.90 Å². The Morgan fingerprint density at radius 1 is 1.11 bits per heavy atom. The largest absolute Gasteiger partial charge is 0.447 e. The van der Waals surface area contributed by atoms with Gasteiger partial charge >= 0.3 is 6.09 Å².